The molecule has 1 aromatic carbocycles. The minimum Gasteiger partial charge on any atom is -0.504 e. The quantitative estimate of drug-likeness (QED) is 0.882. The van der Waals surface area contributed by atoms with E-state index < -0.39 is 0 Å². The number of halogens is 1. The lowest BCUT2D eigenvalue weighted by atomic mass is 9.87. The van der Waals surface area contributed by atoms with Crippen LogP contribution in [0, 0.1) is 6.92 Å². The van der Waals surface area contributed by atoms with Gasteiger partial charge in [0.05, 0.1) is 11.6 Å². The maximum Gasteiger partial charge on any atom is 0.175 e. The molecule has 0 bridgehead atoms. The minimum atomic E-state index is -0.0378. The lowest BCUT2D eigenvalue weighted by molar-refractivity contribution is 0.364. The van der Waals surface area contributed by atoms with E-state index in [0.29, 0.717) is 5.75 Å². The van der Waals surface area contributed by atoms with Crippen molar-refractivity contribution in [2.75, 3.05) is 13.7 Å². The van der Waals surface area contributed by atoms with Crippen LogP contribution in [0.2, 0.25) is 0 Å². The van der Waals surface area contributed by atoms with Crippen molar-refractivity contribution in [2.24, 2.45) is 0 Å². The number of aromatic hydroxyl groups is 1. The van der Waals surface area contributed by atoms with Gasteiger partial charge in [0.1, 0.15) is 0 Å². The fourth-order valence-electron chi connectivity index (χ4n) is 2.72. The van der Waals surface area contributed by atoms with Gasteiger partial charge in [-0.1, -0.05) is 0 Å². The van der Waals surface area contributed by atoms with Crippen molar-refractivity contribution in [3.05, 3.63) is 21.7 Å². The third-order valence-electron chi connectivity index (χ3n) is 3.52. The van der Waals surface area contributed by atoms with Gasteiger partial charge in [0.2, 0.25) is 0 Å². The zero-order valence-electron chi connectivity index (χ0n) is 10.4. The summed E-state index contributed by atoms with van der Waals surface area (Å²) in [5.41, 5.74) is 2.22. The standard InChI is InChI=1S/C13H18BrNO2/c1-8-7-9(16)12(17-3)11(14)10(8)13(2)5-4-6-15-13/h7,15-16H,4-6H2,1-3H3. The topological polar surface area (TPSA) is 41.5 Å². The monoisotopic (exact) mass is 299 g/mol. The molecule has 1 aromatic rings. The third kappa shape index (κ3) is 2.04. The van der Waals surface area contributed by atoms with E-state index in [1.54, 1.807) is 13.2 Å². The first-order valence-electron chi connectivity index (χ1n) is 5.81. The Morgan fingerprint density at radius 1 is 1.53 bits per heavy atom. The van der Waals surface area contributed by atoms with Crippen LogP contribution in [-0.2, 0) is 5.54 Å². The second kappa shape index (κ2) is 4.50. The van der Waals surface area contributed by atoms with Crippen LogP contribution in [0.3, 0.4) is 0 Å². The number of nitrogens with one attached hydrogen (secondary N) is 1. The molecule has 17 heavy (non-hydrogen) atoms. The van der Waals surface area contributed by atoms with Crippen molar-refractivity contribution in [2.45, 2.75) is 32.2 Å². The van der Waals surface area contributed by atoms with Gasteiger partial charge in [0.25, 0.3) is 0 Å². The molecule has 2 N–H and O–H groups in total. The van der Waals surface area contributed by atoms with Crippen LogP contribution in [0.4, 0.5) is 0 Å². The van der Waals surface area contributed by atoms with Crippen molar-refractivity contribution < 1.29 is 9.84 Å². The van der Waals surface area contributed by atoms with E-state index >= 15 is 0 Å². The van der Waals surface area contributed by atoms with Crippen LogP contribution >= 0.6 is 15.9 Å². The van der Waals surface area contributed by atoms with E-state index in [1.807, 2.05) is 6.92 Å². The van der Waals surface area contributed by atoms with Gasteiger partial charge in [-0.3, -0.25) is 0 Å². The normalized spacial score (nSPS) is 24.0. The van der Waals surface area contributed by atoms with Crippen LogP contribution in [0.25, 0.3) is 0 Å². The van der Waals surface area contributed by atoms with E-state index in [0.717, 1.165) is 23.0 Å². The predicted molar refractivity (Wildman–Crippen MR) is 71.7 cm³/mol. The Morgan fingerprint density at radius 3 is 2.76 bits per heavy atom. The molecule has 1 heterocycles. The summed E-state index contributed by atoms with van der Waals surface area (Å²) in [6, 6.07) is 1.77. The molecule has 0 aliphatic carbocycles. The molecule has 0 saturated carbocycles. The predicted octanol–water partition coefficient (Wildman–Crippen LogP) is 3.07. The number of methoxy groups -OCH3 is 1. The Hall–Kier alpha value is -0.740. The molecule has 1 aliphatic heterocycles. The van der Waals surface area contributed by atoms with Crippen LogP contribution in [0.1, 0.15) is 30.9 Å². The number of rotatable bonds is 2. The van der Waals surface area contributed by atoms with Crippen LogP contribution in [-0.4, -0.2) is 18.8 Å². The van der Waals surface area contributed by atoms with Crippen molar-refractivity contribution >= 4 is 15.9 Å². The fourth-order valence-corrected chi connectivity index (χ4v) is 3.84. The maximum absolute atomic E-state index is 9.85. The molecular weight excluding hydrogens is 282 g/mol. The van der Waals surface area contributed by atoms with E-state index in [4.69, 9.17) is 4.74 Å². The van der Waals surface area contributed by atoms with Gasteiger partial charge < -0.3 is 15.2 Å². The number of hydrogen-bond acceptors (Lipinski definition) is 3. The second-order valence-electron chi connectivity index (χ2n) is 4.80. The number of hydrogen-bond donors (Lipinski definition) is 2. The van der Waals surface area contributed by atoms with E-state index in [-0.39, 0.29) is 11.3 Å². The molecule has 1 aliphatic rings. The highest BCUT2D eigenvalue weighted by atomic mass is 79.9. The van der Waals surface area contributed by atoms with E-state index in [2.05, 4.69) is 28.2 Å². The summed E-state index contributed by atoms with van der Waals surface area (Å²) in [6.45, 7) is 5.25. The Bertz CT molecular complexity index is 440. The molecule has 0 aromatic heterocycles. The second-order valence-corrected chi connectivity index (χ2v) is 5.59. The number of ether oxygens (including phenoxy) is 1. The molecule has 1 unspecified atom stereocenters. The van der Waals surface area contributed by atoms with Gasteiger partial charge in [-0.05, 0) is 66.4 Å². The Kier molecular flexibility index (Phi) is 3.36. The number of aryl methyl sites for hydroxylation is 1. The average Bonchev–Trinajstić information content (AvgIpc) is 2.65. The Morgan fingerprint density at radius 2 is 2.24 bits per heavy atom. The number of phenolic OH excluding ortho intramolecular Hbond substituents is 1. The van der Waals surface area contributed by atoms with Crippen LogP contribution in [0.15, 0.2) is 10.5 Å². The molecule has 94 valence electrons. The summed E-state index contributed by atoms with van der Waals surface area (Å²) in [5, 5.41) is 13.4. The molecule has 2 rings (SSSR count). The Balaban J connectivity index is 2.60. The van der Waals surface area contributed by atoms with Crippen molar-refractivity contribution in [3.8, 4) is 11.5 Å². The molecule has 0 amide bonds. The first kappa shape index (κ1) is 12.7. The molecule has 1 fully saturated rings. The largest absolute Gasteiger partial charge is 0.504 e. The smallest absolute Gasteiger partial charge is 0.175 e. The molecule has 0 radical (unpaired) electrons. The highest BCUT2D eigenvalue weighted by Gasteiger charge is 2.34. The number of phenols is 1. The summed E-state index contributed by atoms with van der Waals surface area (Å²) in [7, 11) is 1.57. The van der Waals surface area contributed by atoms with Gasteiger partial charge in [0, 0.05) is 5.54 Å². The van der Waals surface area contributed by atoms with E-state index in [9.17, 15) is 5.11 Å². The van der Waals surface area contributed by atoms with Gasteiger partial charge in [0.15, 0.2) is 11.5 Å². The highest BCUT2D eigenvalue weighted by Crippen LogP contribution is 2.45. The van der Waals surface area contributed by atoms with Crippen molar-refractivity contribution in [3.63, 3.8) is 0 Å². The van der Waals surface area contributed by atoms with Gasteiger partial charge >= 0.3 is 0 Å². The van der Waals surface area contributed by atoms with Crippen LogP contribution < -0.4 is 10.1 Å². The summed E-state index contributed by atoms with van der Waals surface area (Å²) >= 11 is 3.56. The molecular formula is C13H18BrNO2. The van der Waals surface area contributed by atoms with Crippen LogP contribution in [0.5, 0.6) is 11.5 Å². The molecule has 1 atom stereocenters. The summed E-state index contributed by atoms with van der Waals surface area (Å²) < 4.78 is 6.11. The summed E-state index contributed by atoms with van der Waals surface area (Å²) in [5.74, 6) is 0.697. The SMILES string of the molecule is COc1c(O)cc(C)c(C2(C)CCCN2)c1Br. The summed E-state index contributed by atoms with van der Waals surface area (Å²) in [6.07, 6.45) is 2.27. The number of benzene rings is 1. The Labute approximate surface area is 110 Å². The molecule has 1 saturated heterocycles. The highest BCUT2D eigenvalue weighted by molar-refractivity contribution is 9.10. The molecule has 3 nitrogen and oxygen atoms in total. The first-order valence-corrected chi connectivity index (χ1v) is 6.60. The fraction of sp³-hybridized carbons (Fsp3) is 0.538. The van der Waals surface area contributed by atoms with E-state index in [1.165, 1.54) is 12.0 Å². The van der Waals surface area contributed by atoms with Crippen molar-refractivity contribution in [1.82, 2.24) is 5.32 Å². The molecule has 0 spiro atoms. The minimum absolute atomic E-state index is 0.0378. The summed E-state index contributed by atoms with van der Waals surface area (Å²) in [4.78, 5) is 0. The van der Waals surface area contributed by atoms with Gasteiger partial charge in [-0.2, -0.15) is 0 Å². The van der Waals surface area contributed by atoms with Gasteiger partial charge in [-0.15, -0.1) is 0 Å². The zero-order valence-corrected chi connectivity index (χ0v) is 12.0. The first-order chi connectivity index (χ1) is 7.99. The lowest BCUT2D eigenvalue weighted by Crippen LogP contribution is -2.34. The molecule has 4 heteroatoms. The third-order valence-corrected chi connectivity index (χ3v) is 4.28. The average molecular weight is 300 g/mol. The van der Waals surface area contributed by atoms with Gasteiger partial charge in [-0.25, -0.2) is 0 Å². The lowest BCUT2D eigenvalue weighted by Gasteiger charge is -2.29. The maximum atomic E-state index is 9.85. The zero-order chi connectivity index (χ0) is 12.6. The van der Waals surface area contributed by atoms with Crippen molar-refractivity contribution in [1.29, 1.82) is 0 Å².